The molecule has 90 valence electrons. The molecule has 0 aromatic heterocycles. The molecule has 0 spiro atoms. The van der Waals surface area contributed by atoms with Crippen LogP contribution in [0.3, 0.4) is 0 Å². The third kappa shape index (κ3) is 5.50. The number of likely N-dealkylation sites (tertiary alicyclic amines) is 1. The van der Waals surface area contributed by atoms with E-state index in [4.69, 9.17) is 4.74 Å². The molecule has 1 rings (SSSR count). The summed E-state index contributed by atoms with van der Waals surface area (Å²) in [6.07, 6.45) is 4.48. The van der Waals surface area contributed by atoms with Crippen molar-refractivity contribution >= 4 is 0 Å². The molecule has 2 atom stereocenters. The SMILES string of the molecule is COCC1CCCN(CCCC(C)O)C1. The van der Waals surface area contributed by atoms with Gasteiger partial charge in [0.15, 0.2) is 0 Å². The highest BCUT2D eigenvalue weighted by atomic mass is 16.5. The van der Waals surface area contributed by atoms with Crippen molar-refractivity contribution in [2.75, 3.05) is 33.4 Å². The molecule has 1 aliphatic heterocycles. The van der Waals surface area contributed by atoms with E-state index in [0.29, 0.717) is 0 Å². The number of hydrogen-bond acceptors (Lipinski definition) is 3. The van der Waals surface area contributed by atoms with Gasteiger partial charge in [0.05, 0.1) is 12.7 Å². The maximum atomic E-state index is 9.18. The highest BCUT2D eigenvalue weighted by Crippen LogP contribution is 2.17. The minimum Gasteiger partial charge on any atom is -0.393 e. The molecule has 3 heteroatoms. The predicted molar refractivity (Wildman–Crippen MR) is 62.0 cm³/mol. The molecule has 0 radical (unpaired) electrons. The fourth-order valence-electron chi connectivity index (χ4n) is 2.34. The maximum Gasteiger partial charge on any atom is 0.0512 e. The number of nitrogens with zero attached hydrogens (tertiary/aromatic N) is 1. The Morgan fingerprint density at radius 2 is 2.33 bits per heavy atom. The number of aliphatic hydroxyl groups is 1. The molecule has 0 aliphatic carbocycles. The first-order chi connectivity index (χ1) is 7.22. The Bertz CT molecular complexity index is 160. The van der Waals surface area contributed by atoms with E-state index in [9.17, 15) is 5.11 Å². The topological polar surface area (TPSA) is 32.7 Å². The average molecular weight is 215 g/mol. The van der Waals surface area contributed by atoms with Crippen LogP contribution in [0.5, 0.6) is 0 Å². The van der Waals surface area contributed by atoms with Crippen LogP contribution in [0.2, 0.25) is 0 Å². The molecule has 1 N–H and O–H groups in total. The van der Waals surface area contributed by atoms with Crippen molar-refractivity contribution in [2.45, 2.75) is 38.7 Å². The zero-order valence-corrected chi connectivity index (χ0v) is 10.1. The molecule has 1 aliphatic rings. The molecular weight excluding hydrogens is 190 g/mol. The Morgan fingerprint density at radius 3 is 3.00 bits per heavy atom. The van der Waals surface area contributed by atoms with Crippen molar-refractivity contribution in [1.29, 1.82) is 0 Å². The number of piperidine rings is 1. The first-order valence-corrected chi connectivity index (χ1v) is 6.11. The van der Waals surface area contributed by atoms with Crippen molar-refractivity contribution in [3.05, 3.63) is 0 Å². The number of methoxy groups -OCH3 is 1. The Morgan fingerprint density at radius 1 is 1.53 bits per heavy atom. The van der Waals surface area contributed by atoms with E-state index in [1.54, 1.807) is 7.11 Å². The summed E-state index contributed by atoms with van der Waals surface area (Å²) in [7, 11) is 1.78. The van der Waals surface area contributed by atoms with Gasteiger partial charge in [-0.1, -0.05) is 0 Å². The summed E-state index contributed by atoms with van der Waals surface area (Å²) < 4.78 is 5.21. The maximum absolute atomic E-state index is 9.18. The first kappa shape index (κ1) is 12.9. The third-order valence-corrected chi connectivity index (χ3v) is 3.10. The lowest BCUT2D eigenvalue weighted by Crippen LogP contribution is -2.37. The first-order valence-electron chi connectivity index (χ1n) is 6.11. The Balaban J connectivity index is 2.12. The number of aliphatic hydroxyl groups excluding tert-OH is 1. The molecule has 1 heterocycles. The van der Waals surface area contributed by atoms with Crippen LogP contribution in [0, 0.1) is 5.92 Å². The van der Waals surface area contributed by atoms with Crippen LogP contribution in [0.4, 0.5) is 0 Å². The van der Waals surface area contributed by atoms with Crippen LogP contribution in [-0.4, -0.2) is 49.5 Å². The lowest BCUT2D eigenvalue weighted by molar-refractivity contribution is 0.0869. The van der Waals surface area contributed by atoms with Gasteiger partial charge in [0.2, 0.25) is 0 Å². The van der Waals surface area contributed by atoms with Gasteiger partial charge >= 0.3 is 0 Å². The molecule has 0 amide bonds. The van der Waals surface area contributed by atoms with Gasteiger partial charge in [0.25, 0.3) is 0 Å². The summed E-state index contributed by atoms with van der Waals surface area (Å²) >= 11 is 0. The fourth-order valence-corrected chi connectivity index (χ4v) is 2.34. The quantitative estimate of drug-likeness (QED) is 0.729. The number of hydrogen-bond donors (Lipinski definition) is 1. The fraction of sp³-hybridized carbons (Fsp3) is 1.00. The minimum atomic E-state index is -0.149. The summed E-state index contributed by atoms with van der Waals surface area (Å²) in [6.45, 7) is 6.29. The van der Waals surface area contributed by atoms with Gasteiger partial charge in [-0.2, -0.15) is 0 Å². The average Bonchev–Trinajstić information content (AvgIpc) is 2.18. The molecule has 0 saturated carbocycles. The molecule has 1 saturated heterocycles. The molecular formula is C12H25NO2. The largest absolute Gasteiger partial charge is 0.393 e. The van der Waals surface area contributed by atoms with Crippen LogP contribution in [0.1, 0.15) is 32.6 Å². The van der Waals surface area contributed by atoms with Crippen LogP contribution < -0.4 is 0 Å². The lowest BCUT2D eigenvalue weighted by Gasteiger charge is -2.32. The zero-order chi connectivity index (χ0) is 11.1. The van der Waals surface area contributed by atoms with Crippen molar-refractivity contribution in [3.63, 3.8) is 0 Å². The van der Waals surface area contributed by atoms with E-state index in [2.05, 4.69) is 4.90 Å². The van der Waals surface area contributed by atoms with E-state index in [1.165, 1.54) is 25.9 Å². The minimum absolute atomic E-state index is 0.149. The van der Waals surface area contributed by atoms with Gasteiger partial charge in [-0.15, -0.1) is 0 Å². The normalized spacial score (nSPS) is 25.4. The highest BCUT2D eigenvalue weighted by molar-refractivity contribution is 4.72. The molecule has 0 aromatic carbocycles. The summed E-state index contributed by atoms with van der Waals surface area (Å²) in [5.41, 5.74) is 0. The Labute approximate surface area is 93.4 Å². The summed E-state index contributed by atoms with van der Waals surface area (Å²) in [5.74, 6) is 0.718. The van der Waals surface area contributed by atoms with Gasteiger partial charge in [-0.05, 0) is 51.6 Å². The predicted octanol–water partition coefficient (Wildman–Crippen LogP) is 1.51. The van der Waals surface area contributed by atoms with Crippen LogP contribution >= 0.6 is 0 Å². The van der Waals surface area contributed by atoms with Gasteiger partial charge < -0.3 is 14.7 Å². The zero-order valence-electron chi connectivity index (χ0n) is 10.1. The Hall–Kier alpha value is -0.120. The van der Waals surface area contributed by atoms with E-state index in [1.807, 2.05) is 6.92 Å². The van der Waals surface area contributed by atoms with E-state index >= 15 is 0 Å². The van der Waals surface area contributed by atoms with Crippen molar-refractivity contribution in [1.82, 2.24) is 4.90 Å². The van der Waals surface area contributed by atoms with Crippen molar-refractivity contribution in [2.24, 2.45) is 5.92 Å². The van der Waals surface area contributed by atoms with Crippen molar-refractivity contribution < 1.29 is 9.84 Å². The molecule has 15 heavy (non-hydrogen) atoms. The highest BCUT2D eigenvalue weighted by Gasteiger charge is 2.19. The van der Waals surface area contributed by atoms with Gasteiger partial charge in [-0.3, -0.25) is 0 Å². The Kier molecular flexibility index (Phi) is 6.22. The lowest BCUT2D eigenvalue weighted by atomic mass is 9.98. The van der Waals surface area contributed by atoms with Gasteiger partial charge in [0, 0.05) is 13.7 Å². The van der Waals surface area contributed by atoms with Crippen LogP contribution in [0.25, 0.3) is 0 Å². The molecule has 3 nitrogen and oxygen atoms in total. The summed E-state index contributed by atoms with van der Waals surface area (Å²) in [6, 6.07) is 0. The van der Waals surface area contributed by atoms with Gasteiger partial charge in [0.1, 0.15) is 0 Å². The monoisotopic (exact) mass is 215 g/mol. The molecule has 0 bridgehead atoms. The van der Waals surface area contributed by atoms with E-state index < -0.39 is 0 Å². The van der Waals surface area contributed by atoms with Crippen LogP contribution in [0.15, 0.2) is 0 Å². The second-order valence-corrected chi connectivity index (χ2v) is 4.76. The number of ether oxygens (including phenoxy) is 1. The van der Waals surface area contributed by atoms with Crippen LogP contribution in [-0.2, 0) is 4.74 Å². The van der Waals surface area contributed by atoms with Gasteiger partial charge in [-0.25, -0.2) is 0 Å². The standard InChI is InChI=1S/C12H25NO2/c1-11(14)5-3-7-13-8-4-6-12(9-13)10-15-2/h11-12,14H,3-10H2,1-2H3. The second kappa shape index (κ2) is 7.20. The van der Waals surface area contributed by atoms with E-state index in [0.717, 1.165) is 31.9 Å². The summed E-state index contributed by atoms with van der Waals surface area (Å²) in [5, 5.41) is 9.18. The molecule has 0 aromatic rings. The van der Waals surface area contributed by atoms with Crippen molar-refractivity contribution in [3.8, 4) is 0 Å². The summed E-state index contributed by atoms with van der Waals surface area (Å²) in [4.78, 5) is 2.51. The smallest absolute Gasteiger partial charge is 0.0512 e. The second-order valence-electron chi connectivity index (χ2n) is 4.76. The van der Waals surface area contributed by atoms with E-state index in [-0.39, 0.29) is 6.10 Å². The third-order valence-electron chi connectivity index (χ3n) is 3.10. The molecule has 1 fully saturated rings. The molecule has 2 unspecified atom stereocenters. The number of rotatable bonds is 6.